The molecule has 0 atom stereocenters. The molecule has 1 amide bonds. The lowest BCUT2D eigenvalue weighted by molar-refractivity contribution is 0.0951. The van der Waals surface area contributed by atoms with Crippen molar-refractivity contribution in [3.8, 4) is 11.5 Å². The number of amides is 1. The highest BCUT2D eigenvalue weighted by molar-refractivity contribution is 5.95. The number of carbonyl (C=O) groups is 1. The number of rotatable bonds is 8. The van der Waals surface area contributed by atoms with Crippen molar-refractivity contribution in [3.63, 3.8) is 0 Å². The van der Waals surface area contributed by atoms with Crippen LogP contribution in [0.4, 0.5) is 0 Å². The zero-order valence-corrected chi connectivity index (χ0v) is 18.4. The molecule has 3 heterocycles. The van der Waals surface area contributed by atoms with E-state index < -0.39 is 0 Å². The summed E-state index contributed by atoms with van der Waals surface area (Å²) in [5.74, 6) is 1.10. The first-order chi connectivity index (χ1) is 15.6. The maximum absolute atomic E-state index is 13.0. The van der Waals surface area contributed by atoms with Gasteiger partial charge in [-0.2, -0.15) is 0 Å². The predicted octanol–water partition coefficient (Wildman–Crippen LogP) is 3.25. The molecule has 7 heteroatoms. The minimum Gasteiger partial charge on any atom is -0.454 e. The Morgan fingerprint density at radius 1 is 1.12 bits per heavy atom. The summed E-state index contributed by atoms with van der Waals surface area (Å²) in [7, 11) is 0. The molecule has 7 nitrogen and oxygen atoms in total. The molecule has 32 heavy (non-hydrogen) atoms. The van der Waals surface area contributed by atoms with Gasteiger partial charge in [-0.1, -0.05) is 25.5 Å². The Hall–Kier alpha value is -3.61. The monoisotopic (exact) mass is 433 g/mol. The summed E-state index contributed by atoms with van der Waals surface area (Å²) < 4.78 is 12.9. The Labute approximate surface area is 187 Å². The summed E-state index contributed by atoms with van der Waals surface area (Å²) in [6, 6.07) is 13.0. The Balaban J connectivity index is 1.60. The fourth-order valence-electron chi connectivity index (χ4n) is 3.95. The Morgan fingerprint density at radius 3 is 2.75 bits per heavy atom. The molecule has 166 valence electrons. The average molecular weight is 434 g/mol. The lowest BCUT2D eigenvalue weighted by atomic mass is 10.0. The molecule has 1 aliphatic rings. The van der Waals surface area contributed by atoms with Gasteiger partial charge in [-0.05, 0) is 43.2 Å². The molecular weight excluding hydrogens is 406 g/mol. The van der Waals surface area contributed by atoms with E-state index in [9.17, 15) is 9.59 Å². The number of pyridine rings is 2. The van der Waals surface area contributed by atoms with Crippen LogP contribution in [-0.4, -0.2) is 28.8 Å². The zero-order valence-electron chi connectivity index (χ0n) is 18.4. The minimum absolute atomic E-state index is 0.221. The molecule has 1 aliphatic heterocycles. The summed E-state index contributed by atoms with van der Waals surface area (Å²) in [4.78, 5) is 30.2. The van der Waals surface area contributed by atoms with Crippen LogP contribution >= 0.6 is 0 Å². The standard InChI is InChI=1S/C25H27N3O4/c1-3-6-20-24(25(30)27-12-10-19-7-4-5-11-26-19)21(29)13-17(2)28(20)15-18-8-9-22-23(14-18)32-16-31-22/h4-5,7-9,11,13-14H,3,6,10,12,15-16H2,1-2H3,(H,27,30). The first-order valence-corrected chi connectivity index (χ1v) is 10.9. The maximum atomic E-state index is 13.0. The van der Waals surface area contributed by atoms with Gasteiger partial charge in [0.05, 0.1) is 0 Å². The van der Waals surface area contributed by atoms with Crippen LogP contribution in [-0.2, 0) is 19.4 Å². The first-order valence-electron chi connectivity index (χ1n) is 10.9. The maximum Gasteiger partial charge on any atom is 0.257 e. The van der Waals surface area contributed by atoms with Gasteiger partial charge in [-0.3, -0.25) is 14.6 Å². The molecule has 3 aromatic rings. The number of hydrogen-bond donors (Lipinski definition) is 1. The van der Waals surface area contributed by atoms with E-state index in [-0.39, 0.29) is 23.7 Å². The number of nitrogens with one attached hydrogen (secondary N) is 1. The molecule has 0 saturated carbocycles. The van der Waals surface area contributed by atoms with Gasteiger partial charge in [-0.15, -0.1) is 0 Å². The third-order valence-corrected chi connectivity index (χ3v) is 5.51. The van der Waals surface area contributed by atoms with Crippen molar-refractivity contribution in [2.75, 3.05) is 13.3 Å². The van der Waals surface area contributed by atoms with Gasteiger partial charge in [-0.25, -0.2) is 0 Å². The second-order valence-corrected chi connectivity index (χ2v) is 7.82. The summed E-state index contributed by atoms with van der Waals surface area (Å²) >= 11 is 0. The van der Waals surface area contributed by atoms with Crippen LogP contribution in [0.15, 0.2) is 53.5 Å². The lowest BCUT2D eigenvalue weighted by Gasteiger charge is -2.20. The molecule has 0 spiro atoms. The van der Waals surface area contributed by atoms with E-state index >= 15 is 0 Å². The van der Waals surface area contributed by atoms with Crippen molar-refractivity contribution in [2.45, 2.75) is 39.7 Å². The number of fused-ring (bicyclic) bond motifs is 1. The van der Waals surface area contributed by atoms with Gasteiger partial charge in [0.2, 0.25) is 6.79 Å². The number of aromatic nitrogens is 2. The molecule has 2 aromatic heterocycles. The van der Waals surface area contributed by atoms with Crippen LogP contribution in [0.2, 0.25) is 0 Å². The van der Waals surface area contributed by atoms with E-state index in [1.807, 2.05) is 50.2 Å². The van der Waals surface area contributed by atoms with Crippen molar-refractivity contribution in [3.05, 3.63) is 87.1 Å². The van der Waals surface area contributed by atoms with Crippen LogP contribution in [0, 0.1) is 6.92 Å². The fraction of sp³-hybridized carbons (Fsp3) is 0.320. The number of benzene rings is 1. The number of carbonyl (C=O) groups excluding carboxylic acids is 1. The number of aryl methyl sites for hydroxylation is 1. The number of ether oxygens (including phenoxy) is 2. The van der Waals surface area contributed by atoms with Crippen molar-refractivity contribution < 1.29 is 14.3 Å². The van der Waals surface area contributed by atoms with Gasteiger partial charge in [0, 0.05) is 48.9 Å². The van der Waals surface area contributed by atoms with Crippen molar-refractivity contribution in [1.29, 1.82) is 0 Å². The number of hydrogen-bond acceptors (Lipinski definition) is 5. The molecule has 0 radical (unpaired) electrons. The summed E-state index contributed by atoms with van der Waals surface area (Å²) in [5.41, 5.74) is 3.46. The first kappa shape index (κ1) is 21.6. The minimum atomic E-state index is -0.339. The third kappa shape index (κ3) is 4.66. The van der Waals surface area contributed by atoms with Crippen LogP contribution in [0.3, 0.4) is 0 Å². The van der Waals surface area contributed by atoms with E-state index in [0.29, 0.717) is 31.7 Å². The van der Waals surface area contributed by atoms with Gasteiger partial charge in [0.15, 0.2) is 16.9 Å². The van der Waals surface area contributed by atoms with Gasteiger partial charge in [0.1, 0.15) is 5.56 Å². The van der Waals surface area contributed by atoms with E-state index in [1.165, 1.54) is 0 Å². The molecule has 1 aromatic carbocycles. The van der Waals surface area contributed by atoms with E-state index in [2.05, 4.69) is 14.9 Å². The Morgan fingerprint density at radius 2 is 1.97 bits per heavy atom. The van der Waals surface area contributed by atoms with Gasteiger partial charge in [0.25, 0.3) is 5.91 Å². The summed E-state index contributed by atoms with van der Waals surface area (Å²) in [6.07, 6.45) is 3.78. The smallest absolute Gasteiger partial charge is 0.257 e. The molecule has 1 N–H and O–H groups in total. The quantitative estimate of drug-likeness (QED) is 0.590. The topological polar surface area (TPSA) is 82.5 Å². The van der Waals surface area contributed by atoms with Crippen LogP contribution < -0.4 is 20.2 Å². The zero-order chi connectivity index (χ0) is 22.5. The van der Waals surface area contributed by atoms with Crippen molar-refractivity contribution >= 4 is 5.91 Å². The van der Waals surface area contributed by atoms with Crippen LogP contribution in [0.5, 0.6) is 11.5 Å². The Bertz CT molecular complexity index is 1170. The van der Waals surface area contributed by atoms with E-state index in [1.54, 1.807) is 12.3 Å². The highest BCUT2D eigenvalue weighted by Crippen LogP contribution is 2.33. The number of nitrogens with zero attached hydrogens (tertiary/aromatic N) is 2. The van der Waals surface area contributed by atoms with Crippen molar-refractivity contribution in [2.24, 2.45) is 0 Å². The second-order valence-electron chi connectivity index (χ2n) is 7.82. The molecular formula is C25H27N3O4. The lowest BCUT2D eigenvalue weighted by Crippen LogP contribution is -2.34. The summed E-state index contributed by atoms with van der Waals surface area (Å²) in [5, 5.41) is 2.90. The van der Waals surface area contributed by atoms with Crippen molar-refractivity contribution in [1.82, 2.24) is 14.9 Å². The molecule has 0 saturated heterocycles. The van der Waals surface area contributed by atoms with Gasteiger partial charge < -0.3 is 19.4 Å². The second kappa shape index (κ2) is 9.68. The average Bonchev–Trinajstić information content (AvgIpc) is 3.25. The molecule has 0 unspecified atom stereocenters. The van der Waals surface area contributed by atoms with E-state index in [0.717, 1.165) is 34.8 Å². The molecule has 0 bridgehead atoms. The predicted molar refractivity (Wildman–Crippen MR) is 121 cm³/mol. The van der Waals surface area contributed by atoms with Crippen LogP contribution in [0.25, 0.3) is 0 Å². The molecule has 0 aliphatic carbocycles. The molecule has 4 rings (SSSR count). The van der Waals surface area contributed by atoms with Crippen LogP contribution in [0.1, 0.15) is 46.3 Å². The molecule has 0 fully saturated rings. The SMILES string of the molecule is CCCc1c(C(=O)NCCc2ccccn2)c(=O)cc(C)n1Cc1ccc2c(c1)OCO2. The van der Waals surface area contributed by atoms with Gasteiger partial charge >= 0.3 is 0 Å². The normalized spacial score (nSPS) is 12.1. The Kier molecular flexibility index (Phi) is 6.54. The summed E-state index contributed by atoms with van der Waals surface area (Å²) in [6.45, 7) is 5.11. The third-order valence-electron chi connectivity index (χ3n) is 5.51. The largest absolute Gasteiger partial charge is 0.454 e. The highest BCUT2D eigenvalue weighted by Gasteiger charge is 2.21. The van der Waals surface area contributed by atoms with E-state index in [4.69, 9.17) is 9.47 Å². The highest BCUT2D eigenvalue weighted by atomic mass is 16.7. The fourth-order valence-corrected chi connectivity index (χ4v) is 3.95.